The van der Waals surface area contributed by atoms with Crippen LogP contribution in [0.3, 0.4) is 0 Å². The highest BCUT2D eigenvalue weighted by atomic mass is 16.5. The van der Waals surface area contributed by atoms with Gasteiger partial charge >= 0.3 is 0 Å². The Morgan fingerprint density at radius 1 is 1.07 bits per heavy atom. The lowest BCUT2D eigenvalue weighted by molar-refractivity contribution is 0.0950. The Balaban J connectivity index is 1.53. The van der Waals surface area contributed by atoms with Crippen LogP contribution >= 0.6 is 0 Å². The zero-order valence-electron chi connectivity index (χ0n) is 15.4. The van der Waals surface area contributed by atoms with E-state index >= 15 is 0 Å². The molecule has 0 aliphatic carbocycles. The number of methoxy groups -OCH3 is 1. The normalized spacial score (nSPS) is 10.3. The summed E-state index contributed by atoms with van der Waals surface area (Å²) in [6.07, 6.45) is 3.52. The number of carbonyl (C=O) groups excluding carboxylic acids is 1. The monoisotopic (exact) mass is 362 g/mol. The van der Waals surface area contributed by atoms with Crippen molar-refractivity contribution in [3.63, 3.8) is 0 Å². The minimum absolute atomic E-state index is 0.134. The van der Waals surface area contributed by atoms with Gasteiger partial charge in [0.25, 0.3) is 5.91 Å². The molecule has 0 saturated heterocycles. The predicted molar refractivity (Wildman–Crippen MR) is 104 cm³/mol. The molecule has 138 valence electrons. The molecule has 0 bridgehead atoms. The van der Waals surface area contributed by atoms with Crippen LogP contribution in [0.1, 0.15) is 27.0 Å². The molecule has 0 spiro atoms. The van der Waals surface area contributed by atoms with E-state index in [9.17, 15) is 4.79 Å². The summed E-state index contributed by atoms with van der Waals surface area (Å²) in [4.78, 5) is 16.4. The lowest BCUT2D eigenvalue weighted by Gasteiger charge is -2.10. The summed E-state index contributed by atoms with van der Waals surface area (Å²) >= 11 is 0. The summed E-state index contributed by atoms with van der Waals surface area (Å²) in [6, 6.07) is 16.9. The zero-order valence-corrected chi connectivity index (χ0v) is 15.4. The van der Waals surface area contributed by atoms with Crippen molar-refractivity contribution in [2.24, 2.45) is 0 Å². The highest BCUT2D eigenvalue weighted by Crippen LogP contribution is 2.19. The molecule has 5 heteroatoms. The Labute approximate surface area is 159 Å². The van der Waals surface area contributed by atoms with Gasteiger partial charge in [0.2, 0.25) is 0 Å². The minimum Gasteiger partial charge on any atom is -0.496 e. The van der Waals surface area contributed by atoms with Crippen molar-refractivity contribution in [1.82, 2.24) is 10.3 Å². The number of aryl methyl sites for hydroxylation is 1. The van der Waals surface area contributed by atoms with Crippen LogP contribution in [0.25, 0.3) is 0 Å². The topological polar surface area (TPSA) is 60.5 Å². The molecule has 1 N–H and O–H groups in total. The molecule has 1 aromatic heterocycles. The standard InChI is InChI=1S/C22H22N2O3/c1-16-5-8-19(12-21(16)26-2)22(25)24-14-17-6-9-20(10-7-17)27-15-18-4-3-11-23-13-18/h3-13H,14-15H2,1-2H3,(H,24,25). The van der Waals surface area contributed by atoms with E-state index in [0.717, 1.165) is 22.4 Å². The number of pyridine rings is 1. The molecular weight excluding hydrogens is 340 g/mol. The van der Waals surface area contributed by atoms with Gasteiger partial charge in [-0.25, -0.2) is 0 Å². The average molecular weight is 362 g/mol. The smallest absolute Gasteiger partial charge is 0.251 e. The Hall–Kier alpha value is -3.34. The molecule has 0 aliphatic rings. The fourth-order valence-electron chi connectivity index (χ4n) is 2.60. The second kappa shape index (κ2) is 8.85. The van der Waals surface area contributed by atoms with E-state index in [1.165, 1.54) is 0 Å². The summed E-state index contributed by atoms with van der Waals surface area (Å²) in [5, 5.41) is 2.92. The molecule has 5 nitrogen and oxygen atoms in total. The number of nitrogens with zero attached hydrogens (tertiary/aromatic N) is 1. The van der Waals surface area contributed by atoms with Crippen LogP contribution < -0.4 is 14.8 Å². The van der Waals surface area contributed by atoms with Crippen molar-refractivity contribution in [3.05, 3.63) is 89.2 Å². The molecule has 0 saturated carbocycles. The molecular formula is C22H22N2O3. The van der Waals surface area contributed by atoms with Crippen molar-refractivity contribution in [3.8, 4) is 11.5 Å². The summed E-state index contributed by atoms with van der Waals surface area (Å²) in [6.45, 7) is 2.86. The SMILES string of the molecule is COc1cc(C(=O)NCc2ccc(OCc3cccnc3)cc2)ccc1C. The number of nitrogens with one attached hydrogen (secondary N) is 1. The molecule has 0 atom stereocenters. The maximum absolute atomic E-state index is 12.3. The summed E-state index contributed by atoms with van der Waals surface area (Å²) < 4.78 is 11.0. The van der Waals surface area contributed by atoms with Crippen LogP contribution in [0.5, 0.6) is 11.5 Å². The van der Waals surface area contributed by atoms with Gasteiger partial charge in [0.15, 0.2) is 0 Å². The first kappa shape index (κ1) is 18.5. The molecule has 3 aromatic rings. The molecule has 0 radical (unpaired) electrons. The Bertz CT molecular complexity index is 893. The molecule has 2 aromatic carbocycles. The van der Waals surface area contributed by atoms with Gasteiger partial charge in [-0.3, -0.25) is 9.78 Å². The number of amides is 1. The molecule has 27 heavy (non-hydrogen) atoms. The minimum atomic E-state index is -0.134. The summed E-state index contributed by atoms with van der Waals surface area (Å²) in [5.74, 6) is 1.35. The summed E-state index contributed by atoms with van der Waals surface area (Å²) in [5.41, 5.74) is 3.59. The van der Waals surface area contributed by atoms with E-state index in [2.05, 4.69) is 10.3 Å². The highest BCUT2D eigenvalue weighted by molar-refractivity contribution is 5.94. The van der Waals surface area contributed by atoms with E-state index in [1.54, 1.807) is 31.6 Å². The van der Waals surface area contributed by atoms with E-state index < -0.39 is 0 Å². The van der Waals surface area contributed by atoms with Crippen molar-refractivity contribution in [2.45, 2.75) is 20.1 Å². The third kappa shape index (κ3) is 5.07. The van der Waals surface area contributed by atoms with Crippen LogP contribution in [0.2, 0.25) is 0 Å². The summed E-state index contributed by atoms with van der Waals surface area (Å²) in [7, 11) is 1.60. The average Bonchev–Trinajstić information content (AvgIpc) is 2.72. The maximum atomic E-state index is 12.3. The first-order valence-electron chi connectivity index (χ1n) is 8.69. The largest absolute Gasteiger partial charge is 0.496 e. The lowest BCUT2D eigenvalue weighted by atomic mass is 10.1. The van der Waals surface area contributed by atoms with E-state index in [1.807, 2.05) is 49.4 Å². The Morgan fingerprint density at radius 2 is 1.89 bits per heavy atom. The number of hydrogen-bond acceptors (Lipinski definition) is 4. The van der Waals surface area contributed by atoms with Crippen LogP contribution in [0.15, 0.2) is 67.0 Å². The van der Waals surface area contributed by atoms with E-state index in [4.69, 9.17) is 9.47 Å². The molecule has 0 fully saturated rings. The van der Waals surface area contributed by atoms with Crippen LogP contribution in [-0.2, 0) is 13.2 Å². The van der Waals surface area contributed by atoms with Gasteiger partial charge in [0.1, 0.15) is 18.1 Å². The van der Waals surface area contributed by atoms with Crippen molar-refractivity contribution in [2.75, 3.05) is 7.11 Å². The molecule has 0 aliphatic heterocycles. The van der Waals surface area contributed by atoms with Gasteiger partial charge in [-0.2, -0.15) is 0 Å². The van der Waals surface area contributed by atoms with Crippen LogP contribution in [0.4, 0.5) is 0 Å². The third-order valence-corrected chi connectivity index (χ3v) is 4.17. The zero-order chi connectivity index (χ0) is 19.1. The Kier molecular flexibility index (Phi) is 6.05. The second-order valence-electron chi connectivity index (χ2n) is 6.16. The highest BCUT2D eigenvalue weighted by Gasteiger charge is 2.08. The van der Waals surface area contributed by atoms with E-state index in [0.29, 0.717) is 24.5 Å². The van der Waals surface area contributed by atoms with Gasteiger partial charge in [-0.1, -0.05) is 24.3 Å². The van der Waals surface area contributed by atoms with Crippen molar-refractivity contribution < 1.29 is 14.3 Å². The number of carbonyl (C=O) groups is 1. The van der Waals surface area contributed by atoms with Gasteiger partial charge in [-0.05, 0) is 48.4 Å². The molecule has 3 rings (SSSR count). The number of aromatic nitrogens is 1. The van der Waals surface area contributed by atoms with Gasteiger partial charge in [0, 0.05) is 30.1 Å². The predicted octanol–water partition coefficient (Wildman–Crippen LogP) is 3.91. The quantitative estimate of drug-likeness (QED) is 0.692. The maximum Gasteiger partial charge on any atom is 0.251 e. The molecule has 0 unspecified atom stereocenters. The molecule has 1 heterocycles. The number of hydrogen-bond donors (Lipinski definition) is 1. The first-order chi connectivity index (χ1) is 13.2. The number of ether oxygens (including phenoxy) is 2. The fraction of sp³-hybridized carbons (Fsp3) is 0.182. The van der Waals surface area contributed by atoms with Crippen molar-refractivity contribution in [1.29, 1.82) is 0 Å². The van der Waals surface area contributed by atoms with Crippen molar-refractivity contribution >= 4 is 5.91 Å². The van der Waals surface area contributed by atoms with Crippen LogP contribution in [0, 0.1) is 6.92 Å². The van der Waals surface area contributed by atoms with E-state index in [-0.39, 0.29) is 5.91 Å². The van der Waals surface area contributed by atoms with Crippen LogP contribution in [-0.4, -0.2) is 18.0 Å². The number of benzene rings is 2. The van der Waals surface area contributed by atoms with Gasteiger partial charge in [-0.15, -0.1) is 0 Å². The third-order valence-electron chi connectivity index (χ3n) is 4.17. The van der Waals surface area contributed by atoms with Gasteiger partial charge in [0.05, 0.1) is 7.11 Å². The fourth-order valence-corrected chi connectivity index (χ4v) is 2.60. The first-order valence-corrected chi connectivity index (χ1v) is 8.69. The second-order valence-corrected chi connectivity index (χ2v) is 6.16. The Morgan fingerprint density at radius 3 is 2.59 bits per heavy atom. The van der Waals surface area contributed by atoms with Gasteiger partial charge < -0.3 is 14.8 Å². The lowest BCUT2D eigenvalue weighted by Crippen LogP contribution is -2.22. The number of rotatable bonds is 7. The molecule has 1 amide bonds.